The van der Waals surface area contributed by atoms with Crippen LogP contribution in [0.15, 0.2) is 8.83 Å². The van der Waals surface area contributed by atoms with Crippen LogP contribution in [0.25, 0.3) is 11.0 Å². The molecule has 0 aromatic carbocycles. The average Bonchev–Trinajstić information content (AvgIpc) is 2.67. The molecule has 2 aromatic rings. The topological polar surface area (TPSA) is 101 Å². The number of rotatable bonds is 1. The highest BCUT2D eigenvalue weighted by atomic mass is 16.5. The number of hydrogen-bond donors (Lipinski definition) is 2. The van der Waals surface area contributed by atoms with Gasteiger partial charge in [0.05, 0.1) is 0 Å². The molecule has 0 radical (unpaired) electrons. The Morgan fingerprint density at radius 1 is 1.21 bits per heavy atom. The first kappa shape index (κ1) is 7.19. The molecule has 1 aliphatic heterocycles. The standard InChI is InChI=1S/C8H2O6/c9-3-4-1(7(10)11)2-5(13-4)6(3)14-8(2)12/h12H,(H,10,11). The lowest BCUT2D eigenvalue weighted by molar-refractivity contribution is 0.0692. The highest BCUT2D eigenvalue weighted by Gasteiger charge is 2.41. The highest BCUT2D eigenvalue weighted by molar-refractivity contribution is 6.26. The van der Waals surface area contributed by atoms with Crippen LogP contribution in [0.1, 0.15) is 26.7 Å². The van der Waals surface area contributed by atoms with E-state index in [4.69, 9.17) is 9.52 Å². The molecule has 0 amide bonds. The molecule has 6 nitrogen and oxygen atoms in total. The summed E-state index contributed by atoms with van der Waals surface area (Å²) < 4.78 is 9.57. The van der Waals surface area contributed by atoms with Gasteiger partial charge in [0.2, 0.25) is 5.76 Å². The molecule has 1 aliphatic rings. The van der Waals surface area contributed by atoms with Crippen molar-refractivity contribution in [3.8, 4) is 5.95 Å². The van der Waals surface area contributed by atoms with Crippen LogP contribution in [0.3, 0.4) is 0 Å². The summed E-state index contributed by atoms with van der Waals surface area (Å²) in [4.78, 5) is 22.1. The summed E-state index contributed by atoms with van der Waals surface area (Å²) in [5, 5.41) is 18.0. The van der Waals surface area contributed by atoms with E-state index in [9.17, 15) is 14.7 Å². The zero-order chi connectivity index (χ0) is 10.0. The molecule has 0 saturated heterocycles. The Kier molecular flexibility index (Phi) is 0.933. The van der Waals surface area contributed by atoms with Crippen molar-refractivity contribution in [1.82, 2.24) is 0 Å². The predicted octanol–water partition coefficient (Wildman–Crippen LogP) is 0.974. The van der Waals surface area contributed by atoms with Crippen LogP contribution in [0.5, 0.6) is 5.95 Å². The molecule has 2 bridgehead atoms. The number of fused-ring (bicyclic) bond motifs is 1. The molecule has 3 heterocycles. The van der Waals surface area contributed by atoms with Gasteiger partial charge in [-0.3, -0.25) is 4.79 Å². The SMILES string of the molecule is O=C1c2oc3c1oc(O)c3c2C(=O)O. The normalized spacial score (nSPS) is 13.3. The summed E-state index contributed by atoms with van der Waals surface area (Å²) in [5.74, 6) is -2.95. The zero-order valence-corrected chi connectivity index (χ0v) is 6.53. The van der Waals surface area contributed by atoms with Crippen LogP contribution in [0.2, 0.25) is 0 Å². The number of aromatic carboxylic acids is 1. The van der Waals surface area contributed by atoms with Crippen LogP contribution in [-0.2, 0) is 0 Å². The molecule has 0 aliphatic carbocycles. The smallest absolute Gasteiger partial charge is 0.340 e. The van der Waals surface area contributed by atoms with Gasteiger partial charge in [-0.1, -0.05) is 0 Å². The maximum Gasteiger partial charge on any atom is 0.340 e. The zero-order valence-electron chi connectivity index (χ0n) is 6.53. The van der Waals surface area contributed by atoms with Crippen molar-refractivity contribution in [3.05, 3.63) is 17.1 Å². The van der Waals surface area contributed by atoms with E-state index in [2.05, 4.69) is 4.42 Å². The fourth-order valence-electron chi connectivity index (χ4n) is 1.61. The largest absolute Gasteiger partial charge is 0.480 e. The molecular weight excluding hydrogens is 192 g/mol. The van der Waals surface area contributed by atoms with E-state index in [1.54, 1.807) is 0 Å². The van der Waals surface area contributed by atoms with Crippen molar-refractivity contribution < 1.29 is 28.6 Å². The second-order valence-electron chi connectivity index (χ2n) is 2.88. The maximum absolute atomic E-state index is 11.3. The van der Waals surface area contributed by atoms with Gasteiger partial charge in [-0.25, -0.2) is 4.79 Å². The molecule has 2 N–H and O–H groups in total. The number of aromatic hydroxyl groups is 1. The summed E-state index contributed by atoms with van der Waals surface area (Å²) in [6.45, 7) is 0. The van der Waals surface area contributed by atoms with Gasteiger partial charge in [0, 0.05) is 0 Å². The van der Waals surface area contributed by atoms with Crippen molar-refractivity contribution >= 4 is 22.7 Å². The summed E-state index contributed by atoms with van der Waals surface area (Å²) in [6, 6.07) is 0. The summed E-state index contributed by atoms with van der Waals surface area (Å²) >= 11 is 0. The fraction of sp³-hybridized carbons (Fsp3) is 0. The number of carbonyl (C=O) groups excluding carboxylic acids is 1. The molecule has 0 fully saturated rings. The lowest BCUT2D eigenvalue weighted by atomic mass is 10.1. The van der Waals surface area contributed by atoms with E-state index in [0.717, 1.165) is 0 Å². The molecule has 3 rings (SSSR count). The molecule has 6 heteroatoms. The average molecular weight is 194 g/mol. The molecule has 2 aromatic heterocycles. The van der Waals surface area contributed by atoms with E-state index >= 15 is 0 Å². The van der Waals surface area contributed by atoms with Crippen molar-refractivity contribution in [2.24, 2.45) is 0 Å². The van der Waals surface area contributed by atoms with Gasteiger partial charge < -0.3 is 19.0 Å². The van der Waals surface area contributed by atoms with E-state index in [1.165, 1.54) is 0 Å². The summed E-state index contributed by atoms with van der Waals surface area (Å²) in [6.07, 6.45) is 0. The Morgan fingerprint density at radius 2 is 1.93 bits per heavy atom. The lowest BCUT2D eigenvalue weighted by Gasteiger charge is -1.91. The van der Waals surface area contributed by atoms with Crippen LogP contribution in [-0.4, -0.2) is 22.0 Å². The number of carbonyl (C=O) groups is 2. The Hall–Kier alpha value is -2.24. The fourth-order valence-corrected chi connectivity index (χ4v) is 1.61. The predicted molar refractivity (Wildman–Crippen MR) is 40.5 cm³/mol. The monoisotopic (exact) mass is 194 g/mol. The first-order valence-corrected chi connectivity index (χ1v) is 3.67. The first-order valence-electron chi connectivity index (χ1n) is 3.67. The van der Waals surface area contributed by atoms with Crippen molar-refractivity contribution in [2.75, 3.05) is 0 Å². The lowest BCUT2D eigenvalue weighted by Crippen LogP contribution is -2.05. The second kappa shape index (κ2) is 1.82. The van der Waals surface area contributed by atoms with Gasteiger partial charge in [0.15, 0.2) is 11.3 Å². The molecular formula is C8H2O6. The number of carboxylic acid groups (broad SMARTS) is 1. The third kappa shape index (κ3) is 0.525. The van der Waals surface area contributed by atoms with Gasteiger partial charge in [0.25, 0.3) is 11.7 Å². The van der Waals surface area contributed by atoms with Gasteiger partial charge in [-0.15, -0.1) is 0 Å². The maximum atomic E-state index is 11.3. The number of hydrogen-bond acceptors (Lipinski definition) is 5. The molecule has 0 atom stereocenters. The van der Waals surface area contributed by atoms with Crippen LogP contribution in [0, 0.1) is 0 Å². The van der Waals surface area contributed by atoms with E-state index in [0.29, 0.717) is 0 Å². The van der Waals surface area contributed by atoms with Gasteiger partial charge >= 0.3 is 5.97 Å². The van der Waals surface area contributed by atoms with Gasteiger partial charge in [-0.2, -0.15) is 0 Å². The Morgan fingerprint density at radius 3 is 2.57 bits per heavy atom. The number of furan rings is 2. The van der Waals surface area contributed by atoms with Crippen molar-refractivity contribution in [3.63, 3.8) is 0 Å². The highest BCUT2D eigenvalue weighted by Crippen LogP contribution is 2.44. The quantitative estimate of drug-likeness (QED) is 0.598. The van der Waals surface area contributed by atoms with Crippen LogP contribution in [0.4, 0.5) is 0 Å². The van der Waals surface area contributed by atoms with Crippen LogP contribution < -0.4 is 0 Å². The second-order valence-corrected chi connectivity index (χ2v) is 2.88. The van der Waals surface area contributed by atoms with Crippen molar-refractivity contribution in [2.45, 2.75) is 0 Å². The summed E-state index contributed by atoms with van der Waals surface area (Å²) in [7, 11) is 0. The Balaban J connectivity index is 2.59. The molecule has 0 saturated carbocycles. The van der Waals surface area contributed by atoms with Crippen LogP contribution >= 0.6 is 0 Å². The number of ketones is 1. The molecule has 14 heavy (non-hydrogen) atoms. The molecule has 0 unspecified atom stereocenters. The Bertz CT molecular complexity index is 599. The summed E-state index contributed by atoms with van der Waals surface area (Å²) in [5.41, 5.74) is -0.316. The third-order valence-electron chi connectivity index (χ3n) is 2.15. The molecule has 0 spiro atoms. The van der Waals surface area contributed by atoms with Gasteiger partial charge in [-0.05, 0) is 0 Å². The van der Waals surface area contributed by atoms with E-state index in [1.807, 2.05) is 0 Å². The minimum absolute atomic E-state index is 0.0138. The minimum Gasteiger partial charge on any atom is -0.480 e. The van der Waals surface area contributed by atoms with E-state index < -0.39 is 17.7 Å². The Labute approximate surface area is 75.3 Å². The molecule has 70 valence electrons. The van der Waals surface area contributed by atoms with Gasteiger partial charge in [0.1, 0.15) is 10.9 Å². The number of carboxylic acids is 1. The first-order chi connectivity index (χ1) is 6.61. The third-order valence-corrected chi connectivity index (χ3v) is 2.15. The minimum atomic E-state index is -1.32. The van der Waals surface area contributed by atoms with E-state index in [-0.39, 0.29) is 28.1 Å². The van der Waals surface area contributed by atoms with Crippen molar-refractivity contribution in [1.29, 1.82) is 0 Å².